The minimum atomic E-state index is -4.45. The van der Waals surface area contributed by atoms with Crippen molar-refractivity contribution in [2.75, 3.05) is 40.9 Å². The largest absolute Gasteiger partial charge is 0.472 e. The molecule has 0 fully saturated rings. The Labute approximate surface area is 517 Å². The van der Waals surface area contributed by atoms with Crippen molar-refractivity contribution in [2.45, 2.75) is 392 Å². The number of rotatable bonds is 68. The van der Waals surface area contributed by atoms with E-state index in [9.17, 15) is 19.0 Å². The van der Waals surface area contributed by atoms with E-state index in [1.807, 2.05) is 27.2 Å². The Kier molecular flexibility index (Phi) is 62.4. The molecule has 0 bridgehead atoms. The Bertz CT molecular complexity index is 1470. The van der Waals surface area contributed by atoms with Crippen LogP contribution >= 0.6 is 7.82 Å². The molecule has 2 N–H and O–H groups in total. The summed E-state index contributed by atoms with van der Waals surface area (Å²) in [5, 5.41) is 3.08. The number of allylic oxidation sites excluding steroid dienone is 3. The first-order chi connectivity index (χ1) is 40.4. The number of carbonyl (C=O) groups is 2. The van der Waals surface area contributed by atoms with E-state index >= 15 is 0 Å². The molecule has 0 spiro atoms. The van der Waals surface area contributed by atoms with Crippen LogP contribution in [0.1, 0.15) is 380 Å². The lowest BCUT2D eigenvalue weighted by atomic mass is 10.0. The predicted molar refractivity (Wildman–Crippen MR) is 360 cm³/mol. The Balaban J connectivity index is 5.03. The number of nitrogens with zero attached hydrogens (tertiary/aromatic N) is 1. The fourth-order valence-electron chi connectivity index (χ4n) is 11.2. The average Bonchev–Trinajstić information content (AvgIpc) is 3.47. The van der Waals surface area contributed by atoms with E-state index in [2.05, 4.69) is 44.3 Å². The highest BCUT2D eigenvalue weighted by Gasteiger charge is 2.30. The van der Waals surface area contributed by atoms with Gasteiger partial charge in [0.15, 0.2) is 0 Å². The molecular formula is C73H144N2O7P+. The van der Waals surface area contributed by atoms with Gasteiger partial charge in [0.25, 0.3) is 0 Å². The zero-order valence-corrected chi connectivity index (χ0v) is 57.4. The summed E-state index contributed by atoms with van der Waals surface area (Å²) in [5.41, 5.74) is 0. The summed E-state index contributed by atoms with van der Waals surface area (Å²) >= 11 is 0. The number of hydrogen-bond donors (Lipinski definition) is 2. The van der Waals surface area contributed by atoms with Crippen molar-refractivity contribution in [1.29, 1.82) is 0 Å². The number of ether oxygens (including phenoxy) is 1. The zero-order chi connectivity index (χ0) is 60.7. The van der Waals surface area contributed by atoms with Crippen LogP contribution in [0.5, 0.6) is 0 Å². The molecule has 0 aliphatic carbocycles. The minimum Gasteiger partial charge on any atom is -0.456 e. The van der Waals surface area contributed by atoms with E-state index in [1.54, 1.807) is 0 Å². The summed E-state index contributed by atoms with van der Waals surface area (Å²) in [5.74, 6) is -0.483. The van der Waals surface area contributed by atoms with E-state index in [-0.39, 0.29) is 25.1 Å². The molecule has 0 rings (SSSR count). The number of amides is 1. The van der Waals surface area contributed by atoms with Gasteiger partial charge in [-0.15, -0.1) is 0 Å². The number of hydrogen-bond acceptors (Lipinski definition) is 6. The van der Waals surface area contributed by atoms with Crippen LogP contribution in [-0.2, 0) is 27.9 Å². The molecule has 9 nitrogen and oxygen atoms in total. The second kappa shape index (κ2) is 63.5. The summed E-state index contributed by atoms with van der Waals surface area (Å²) in [7, 11) is 1.52. The van der Waals surface area contributed by atoms with Crippen LogP contribution in [0.3, 0.4) is 0 Å². The third kappa shape index (κ3) is 64.8. The van der Waals surface area contributed by atoms with E-state index in [1.165, 1.54) is 289 Å². The van der Waals surface area contributed by atoms with Crippen LogP contribution in [0, 0.1) is 0 Å². The fraction of sp³-hybridized carbons (Fsp3) is 0.918. The zero-order valence-electron chi connectivity index (χ0n) is 56.5. The van der Waals surface area contributed by atoms with Crippen molar-refractivity contribution in [3.8, 4) is 0 Å². The number of phosphoric acid groups is 1. The van der Waals surface area contributed by atoms with Gasteiger partial charge in [0, 0.05) is 12.8 Å². The molecule has 0 saturated carbocycles. The van der Waals surface area contributed by atoms with E-state index in [4.69, 9.17) is 13.8 Å². The first-order valence-corrected chi connectivity index (χ1v) is 38.2. The monoisotopic (exact) mass is 1190 g/mol. The molecule has 0 radical (unpaired) electrons. The van der Waals surface area contributed by atoms with E-state index in [0.29, 0.717) is 23.9 Å². The van der Waals surface area contributed by atoms with Crippen molar-refractivity contribution in [3.05, 3.63) is 24.3 Å². The molecule has 0 aromatic heterocycles. The number of unbranched alkanes of at least 4 members (excludes halogenated alkanes) is 50. The summed E-state index contributed by atoms with van der Waals surface area (Å²) in [6.45, 7) is 7.08. The van der Waals surface area contributed by atoms with Gasteiger partial charge < -0.3 is 19.4 Å². The summed E-state index contributed by atoms with van der Waals surface area (Å²) in [6.07, 6.45) is 77.7. The molecule has 3 unspecified atom stereocenters. The summed E-state index contributed by atoms with van der Waals surface area (Å²) in [6, 6.07) is -0.845. The van der Waals surface area contributed by atoms with Crippen LogP contribution in [-0.4, -0.2) is 74.3 Å². The number of likely N-dealkylation sites (N-methyl/N-ethyl adjacent to an activating group) is 1. The first kappa shape index (κ1) is 81.5. The molecule has 0 heterocycles. The van der Waals surface area contributed by atoms with Crippen LogP contribution in [0.25, 0.3) is 0 Å². The van der Waals surface area contributed by atoms with Crippen molar-refractivity contribution >= 4 is 19.7 Å². The SMILES string of the molecule is CCCCCCCC/C=C/CCCCCCCCCCCC(=O)NC(COP(=O)(O)OCC[N+](C)(C)C)C(/C=C\CCCCCCCCCCCCC)OC(=O)CCCCCCCCCCCCCCCCCCCCCCCCCCC. The maximum Gasteiger partial charge on any atom is 0.472 e. The Morgan fingerprint density at radius 3 is 1.02 bits per heavy atom. The first-order valence-electron chi connectivity index (χ1n) is 36.7. The van der Waals surface area contributed by atoms with Crippen molar-refractivity contribution in [3.63, 3.8) is 0 Å². The molecule has 0 aliphatic heterocycles. The Morgan fingerprint density at radius 1 is 0.410 bits per heavy atom. The second-order valence-electron chi connectivity index (χ2n) is 26.5. The molecule has 0 aromatic rings. The van der Waals surface area contributed by atoms with Gasteiger partial charge in [-0.25, -0.2) is 4.57 Å². The lowest BCUT2D eigenvalue weighted by molar-refractivity contribution is -0.870. The van der Waals surface area contributed by atoms with Gasteiger partial charge in [0.1, 0.15) is 19.3 Å². The summed E-state index contributed by atoms with van der Waals surface area (Å²) < 4.78 is 30.9. The van der Waals surface area contributed by atoms with Crippen LogP contribution in [0.15, 0.2) is 24.3 Å². The highest BCUT2D eigenvalue weighted by molar-refractivity contribution is 7.47. The van der Waals surface area contributed by atoms with Gasteiger partial charge >= 0.3 is 13.8 Å². The maximum atomic E-state index is 13.6. The molecule has 10 heteroatoms. The molecule has 83 heavy (non-hydrogen) atoms. The minimum absolute atomic E-state index is 0.0438. The van der Waals surface area contributed by atoms with Crippen LogP contribution in [0.2, 0.25) is 0 Å². The van der Waals surface area contributed by atoms with Crippen molar-refractivity contribution in [1.82, 2.24) is 5.32 Å². The van der Waals surface area contributed by atoms with Gasteiger partial charge in [-0.05, 0) is 57.4 Å². The fourth-order valence-corrected chi connectivity index (χ4v) is 12.0. The van der Waals surface area contributed by atoms with Gasteiger partial charge in [-0.1, -0.05) is 334 Å². The number of quaternary nitrogens is 1. The molecule has 0 aromatic carbocycles. The molecule has 492 valence electrons. The molecular weight excluding hydrogens is 1050 g/mol. The highest BCUT2D eigenvalue weighted by Crippen LogP contribution is 2.43. The maximum absolute atomic E-state index is 13.6. The second-order valence-corrected chi connectivity index (χ2v) is 27.9. The molecule has 0 aliphatic rings. The predicted octanol–water partition coefficient (Wildman–Crippen LogP) is 23.2. The quantitative estimate of drug-likeness (QED) is 0.0205. The van der Waals surface area contributed by atoms with Gasteiger partial charge in [0.2, 0.25) is 5.91 Å². The Hall–Kier alpha value is -1.51. The van der Waals surface area contributed by atoms with E-state index in [0.717, 1.165) is 57.8 Å². The lowest BCUT2D eigenvalue weighted by Gasteiger charge is -2.27. The van der Waals surface area contributed by atoms with Crippen LogP contribution < -0.4 is 5.32 Å². The van der Waals surface area contributed by atoms with Gasteiger partial charge in [-0.2, -0.15) is 0 Å². The standard InChI is InChI=1S/C73H143N2O7P/c1-7-10-13-16-19-22-25-28-30-32-34-35-36-37-38-39-41-43-45-48-51-54-57-60-63-66-73(77)82-71(64-61-58-55-52-49-46-27-24-21-18-15-12-9-3)70(69-81-83(78,79)80-68-67-75(4,5)6)74-72(76)65-62-59-56-53-50-47-44-42-40-33-31-29-26-23-20-17-14-11-8-2/h29,31,61,64,70-71H,7-28,30,32-60,62-63,65-69H2,1-6H3,(H-,74,76,78,79)/p+1/b31-29+,64-61-. The number of carbonyl (C=O) groups excluding carboxylic acids is 2. The smallest absolute Gasteiger partial charge is 0.456 e. The van der Waals surface area contributed by atoms with Gasteiger partial charge in [-0.3, -0.25) is 18.6 Å². The normalized spacial score (nSPS) is 13.6. The third-order valence-electron chi connectivity index (χ3n) is 16.9. The topological polar surface area (TPSA) is 111 Å². The lowest BCUT2D eigenvalue weighted by Crippen LogP contribution is -2.47. The number of esters is 1. The summed E-state index contributed by atoms with van der Waals surface area (Å²) in [4.78, 5) is 37.9. The third-order valence-corrected chi connectivity index (χ3v) is 17.9. The molecule has 3 atom stereocenters. The van der Waals surface area contributed by atoms with Crippen molar-refractivity contribution in [2.24, 2.45) is 0 Å². The van der Waals surface area contributed by atoms with Crippen molar-refractivity contribution < 1.29 is 37.3 Å². The van der Waals surface area contributed by atoms with Crippen LogP contribution in [0.4, 0.5) is 0 Å². The average molecular weight is 1190 g/mol. The van der Waals surface area contributed by atoms with E-state index < -0.39 is 20.0 Å². The Morgan fingerprint density at radius 2 is 0.699 bits per heavy atom. The number of nitrogens with one attached hydrogen (secondary N) is 1. The highest BCUT2D eigenvalue weighted by atomic mass is 31.2. The number of phosphoric ester groups is 1. The van der Waals surface area contributed by atoms with Gasteiger partial charge in [0.05, 0.1) is 33.8 Å². The molecule has 0 saturated heterocycles. The molecule has 1 amide bonds.